The Hall–Kier alpha value is -1.43. The van der Waals surface area contributed by atoms with Gasteiger partial charge in [-0.25, -0.2) is 0 Å². The van der Waals surface area contributed by atoms with Crippen molar-refractivity contribution in [2.75, 3.05) is 6.61 Å². The molecule has 2 aliphatic heterocycles. The van der Waals surface area contributed by atoms with E-state index in [4.69, 9.17) is 9.47 Å². The third kappa shape index (κ3) is 2.76. The molecule has 0 saturated carbocycles. The van der Waals surface area contributed by atoms with Crippen LogP contribution in [0.3, 0.4) is 0 Å². The zero-order chi connectivity index (χ0) is 15.9. The lowest BCUT2D eigenvalue weighted by Gasteiger charge is -2.50. The van der Waals surface area contributed by atoms with E-state index < -0.39 is 17.8 Å². The fraction of sp³-hybridized carbons (Fsp3) is 0.588. The number of amides is 1. The number of carbonyl (C=O) groups is 1. The van der Waals surface area contributed by atoms with Crippen molar-refractivity contribution < 1.29 is 19.4 Å². The molecule has 2 aliphatic rings. The molecule has 0 spiro atoms. The van der Waals surface area contributed by atoms with Gasteiger partial charge in [0, 0.05) is 6.54 Å². The monoisotopic (exact) mass is 305 g/mol. The van der Waals surface area contributed by atoms with Crippen molar-refractivity contribution in [2.45, 2.75) is 51.4 Å². The number of nitrogens with zero attached hydrogens (tertiary/aromatic N) is 1. The number of hydrogen-bond acceptors (Lipinski definition) is 4. The summed E-state index contributed by atoms with van der Waals surface area (Å²) >= 11 is 0. The van der Waals surface area contributed by atoms with Crippen molar-refractivity contribution in [2.24, 2.45) is 5.92 Å². The number of carbonyl (C=O) groups excluding carboxylic acids is 1. The maximum atomic E-state index is 12.4. The van der Waals surface area contributed by atoms with Crippen LogP contribution in [0, 0.1) is 5.92 Å². The van der Waals surface area contributed by atoms with Gasteiger partial charge in [-0.2, -0.15) is 0 Å². The van der Waals surface area contributed by atoms with E-state index in [0.29, 0.717) is 13.2 Å². The van der Waals surface area contributed by atoms with Gasteiger partial charge in [-0.1, -0.05) is 30.3 Å². The van der Waals surface area contributed by atoms with E-state index in [0.717, 1.165) is 5.56 Å². The van der Waals surface area contributed by atoms with E-state index in [2.05, 4.69) is 0 Å². The summed E-state index contributed by atoms with van der Waals surface area (Å²) in [5.41, 5.74) is 1.07. The first kappa shape index (κ1) is 15.5. The second-order valence-corrected chi connectivity index (χ2v) is 6.58. The third-order valence-electron chi connectivity index (χ3n) is 4.42. The van der Waals surface area contributed by atoms with Crippen molar-refractivity contribution in [3.63, 3.8) is 0 Å². The molecule has 1 amide bonds. The molecule has 5 heteroatoms. The van der Waals surface area contributed by atoms with Gasteiger partial charge in [0.1, 0.15) is 6.10 Å². The zero-order valence-electron chi connectivity index (χ0n) is 13.2. The second kappa shape index (κ2) is 5.65. The summed E-state index contributed by atoms with van der Waals surface area (Å²) in [6.07, 6.45) is -0.882. The number of benzene rings is 1. The normalized spacial score (nSPS) is 31.9. The lowest BCUT2D eigenvalue weighted by Crippen LogP contribution is -2.68. The average Bonchev–Trinajstić information content (AvgIpc) is 2.82. The Morgan fingerprint density at radius 3 is 2.59 bits per heavy atom. The highest BCUT2D eigenvalue weighted by Gasteiger charge is 2.56. The third-order valence-corrected chi connectivity index (χ3v) is 4.42. The predicted octanol–water partition coefficient (Wildman–Crippen LogP) is 1.55. The molecule has 0 aliphatic carbocycles. The van der Waals surface area contributed by atoms with Crippen LogP contribution in [0.25, 0.3) is 0 Å². The lowest BCUT2D eigenvalue weighted by molar-refractivity contribution is -0.188. The van der Waals surface area contributed by atoms with Crippen LogP contribution in [0.2, 0.25) is 0 Å². The number of ether oxygens (including phenoxy) is 2. The SMILES string of the molecule is C[C@H](O)[C@H]1C(=O)N(Cc2ccccc2)[C@@H]1[C@H]1COC(C)(C)O1. The molecule has 2 heterocycles. The van der Waals surface area contributed by atoms with E-state index in [9.17, 15) is 9.90 Å². The largest absolute Gasteiger partial charge is 0.393 e. The summed E-state index contributed by atoms with van der Waals surface area (Å²) in [4.78, 5) is 14.2. The maximum absolute atomic E-state index is 12.4. The minimum absolute atomic E-state index is 0.0165. The molecule has 4 atom stereocenters. The van der Waals surface area contributed by atoms with Crippen LogP contribution in [-0.2, 0) is 20.8 Å². The van der Waals surface area contributed by atoms with E-state index in [1.54, 1.807) is 11.8 Å². The van der Waals surface area contributed by atoms with Crippen LogP contribution in [0.4, 0.5) is 0 Å². The second-order valence-electron chi connectivity index (χ2n) is 6.58. The molecule has 1 aromatic carbocycles. The van der Waals surface area contributed by atoms with Crippen LogP contribution in [-0.4, -0.2) is 46.6 Å². The van der Waals surface area contributed by atoms with Crippen molar-refractivity contribution in [3.05, 3.63) is 35.9 Å². The van der Waals surface area contributed by atoms with Gasteiger partial charge in [0.2, 0.25) is 5.91 Å². The summed E-state index contributed by atoms with van der Waals surface area (Å²) in [5.74, 6) is -1.06. The summed E-state index contributed by atoms with van der Waals surface area (Å²) < 4.78 is 11.6. The molecular formula is C17H23NO4. The van der Waals surface area contributed by atoms with Gasteiger partial charge in [0.25, 0.3) is 0 Å². The molecule has 0 aromatic heterocycles. The molecule has 120 valence electrons. The summed E-state index contributed by atoms with van der Waals surface area (Å²) in [5, 5.41) is 9.94. The number of rotatable bonds is 4. The molecule has 2 fully saturated rings. The fourth-order valence-electron chi connectivity index (χ4n) is 3.37. The van der Waals surface area contributed by atoms with E-state index in [1.807, 2.05) is 44.2 Å². The Morgan fingerprint density at radius 1 is 1.36 bits per heavy atom. The summed E-state index contributed by atoms with van der Waals surface area (Å²) in [7, 11) is 0. The Bertz CT molecular complexity index is 543. The Balaban J connectivity index is 1.78. The minimum Gasteiger partial charge on any atom is -0.393 e. The quantitative estimate of drug-likeness (QED) is 0.857. The van der Waals surface area contributed by atoms with Gasteiger partial charge in [0.15, 0.2) is 5.79 Å². The first-order valence-corrected chi connectivity index (χ1v) is 7.73. The van der Waals surface area contributed by atoms with Gasteiger partial charge >= 0.3 is 0 Å². The van der Waals surface area contributed by atoms with Crippen molar-refractivity contribution in [3.8, 4) is 0 Å². The highest BCUT2D eigenvalue weighted by Crippen LogP contribution is 2.38. The maximum Gasteiger partial charge on any atom is 0.231 e. The number of aliphatic hydroxyl groups excluding tert-OH is 1. The highest BCUT2D eigenvalue weighted by atomic mass is 16.7. The number of likely N-dealkylation sites (tertiary alicyclic amines) is 1. The van der Waals surface area contributed by atoms with Gasteiger partial charge in [-0.05, 0) is 26.3 Å². The highest BCUT2D eigenvalue weighted by molar-refractivity contribution is 5.87. The standard InChI is InChI=1S/C17H23NO4/c1-11(19)14-15(13-10-21-17(2,3)22-13)18(16(14)20)9-12-7-5-4-6-8-12/h4-8,11,13-15,19H,9-10H2,1-3H3/t11-,13+,14+,15+/m0/s1. The van der Waals surface area contributed by atoms with Gasteiger partial charge in [-0.15, -0.1) is 0 Å². The van der Waals surface area contributed by atoms with Crippen molar-refractivity contribution in [1.82, 2.24) is 4.90 Å². The van der Waals surface area contributed by atoms with Gasteiger partial charge in [-0.3, -0.25) is 4.79 Å². The Kier molecular flexibility index (Phi) is 3.97. The van der Waals surface area contributed by atoms with Crippen molar-refractivity contribution >= 4 is 5.91 Å². The number of β-lactam (4-membered cyclic amide) rings is 1. The van der Waals surface area contributed by atoms with Crippen LogP contribution in [0.15, 0.2) is 30.3 Å². The van der Waals surface area contributed by atoms with Crippen molar-refractivity contribution in [1.29, 1.82) is 0 Å². The fourth-order valence-corrected chi connectivity index (χ4v) is 3.37. The summed E-state index contributed by atoms with van der Waals surface area (Å²) in [6, 6.07) is 9.72. The van der Waals surface area contributed by atoms with E-state index in [-0.39, 0.29) is 18.1 Å². The molecule has 0 radical (unpaired) electrons. The van der Waals surface area contributed by atoms with Crippen LogP contribution >= 0.6 is 0 Å². The lowest BCUT2D eigenvalue weighted by atomic mass is 9.79. The summed E-state index contributed by atoms with van der Waals surface area (Å²) in [6.45, 7) is 6.38. The van der Waals surface area contributed by atoms with E-state index in [1.165, 1.54) is 0 Å². The molecule has 0 unspecified atom stereocenters. The zero-order valence-corrected chi connectivity index (χ0v) is 13.2. The van der Waals surface area contributed by atoms with Crippen LogP contribution in [0.1, 0.15) is 26.3 Å². The van der Waals surface area contributed by atoms with E-state index >= 15 is 0 Å². The Labute approximate surface area is 130 Å². The van der Waals surface area contributed by atoms with Gasteiger partial charge in [0.05, 0.1) is 24.7 Å². The number of aliphatic hydroxyl groups is 1. The first-order chi connectivity index (χ1) is 10.4. The predicted molar refractivity (Wildman–Crippen MR) is 80.9 cm³/mol. The molecule has 1 N–H and O–H groups in total. The number of hydrogen-bond donors (Lipinski definition) is 1. The average molecular weight is 305 g/mol. The topological polar surface area (TPSA) is 59.0 Å². The molecule has 0 bridgehead atoms. The molecular weight excluding hydrogens is 282 g/mol. The minimum atomic E-state index is -0.683. The molecule has 2 saturated heterocycles. The molecule has 22 heavy (non-hydrogen) atoms. The molecule has 1 aromatic rings. The first-order valence-electron chi connectivity index (χ1n) is 7.73. The van der Waals surface area contributed by atoms with Gasteiger partial charge < -0.3 is 19.5 Å². The smallest absolute Gasteiger partial charge is 0.231 e. The van der Waals surface area contributed by atoms with Crippen LogP contribution < -0.4 is 0 Å². The Morgan fingerprint density at radius 2 is 2.05 bits per heavy atom. The molecule has 5 nitrogen and oxygen atoms in total. The molecule has 3 rings (SSSR count). The van der Waals surface area contributed by atoms with Crippen LogP contribution in [0.5, 0.6) is 0 Å².